The van der Waals surface area contributed by atoms with Crippen LogP contribution in [0.2, 0.25) is 0 Å². The zero-order valence-electron chi connectivity index (χ0n) is 16.2. The molecule has 0 saturated carbocycles. The van der Waals surface area contributed by atoms with Gasteiger partial charge in [-0.05, 0) is 51.2 Å². The number of ether oxygens (including phenoxy) is 1. The maximum atomic E-state index is 5.97. The lowest BCUT2D eigenvalue weighted by atomic mass is 10.1. The van der Waals surface area contributed by atoms with Gasteiger partial charge in [-0.15, -0.1) is 0 Å². The minimum atomic E-state index is 0.181. The number of fused-ring (bicyclic) bond motifs is 1. The average Bonchev–Trinajstić information content (AvgIpc) is 2.96. The molecule has 0 radical (unpaired) electrons. The highest BCUT2D eigenvalue weighted by molar-refractivity contribution is 5.79. The molecule has 1 saturated heterocycles. The quantitative estimate of drug-likeness (QED) is 0.454. The van der Waals surface area contributed by atoms with Crippen LogP contribution in [0.15, 0.2) is 29.3 Å². The minimum absolute atomic E-state index is 0.181. The van der Waals surface area contributed by atoms with E-state index in [-0.39, 0.29) is 6.10 Å². The van der Waals surface area contributed by atoms with Crippen molar-refractivity contribution in [2.24, 2.45) is 4.99 Å². The van der Waals surface area contributed by atoms with Crippen LogP contribution in [-0.2, 0) is 6.42 Å². The normalized spacial score (nSPS) is 21.8. The third kappa shape index (κ3) is 5.61. The SMILES string of the molecule is CN=C(NCCCN1CCCN(C)CC1)NCC1Cc2ccccc2O1. The molecule has 0 aromatic heterocycles. The Morgan fingerprint density at radius 1 is 1.19 bits per heavy atom. The molecule has 2 aliphatic rings. The second kappa shape index (κ2) is 9.78. The van der Waals surface area contributed by atoms with Crippen molar-refractivity contribution in [1.29, 1.82) is 0 Å². The highest BCUT2D eigenvalue weighted by Gasteiger charge is 2.22. The summed E-state index contributed by atoms with van der Waals surface area (Å²) in [6, 6.07) is 8.28. The Balaban J connectivity index is 1.30. The highest BCUT2D eigenvalue weighted by atomic mass is 16.5. The van der Waals surface area contributed by atoms with Crippen LogP contribution in [0, 0.1) is 0 Å². The summed E-state index contributed by atoms with van der Waals surface area (Å²) in [6.07, 6.45) is 3.55. The molecule has 1 aromatic rings. The van der Waals surface area contributed by atoms with Gasteiger partial charge in [0, 0.05) is 33.1 Å². The third-order valence-corrected chi connectivity index (χ3v) is 5.19. The van der Waals surface area contributed by atoms with Crippen molar-refractivity contribution in [2.75, 3.05) is 59.9 Å². The van der Waals surface area contributed by atoms with Crippen LogP contribution < -0.4 is 15.4 Å². The summed E-state index contributed by atoms with van der Waals surface area (Å²) in [5.41, 5.74) is 1.30. The Hall–Kier alpha value is -1.79. The van der Waals surface area contributed by atoms with Crippen LogP contribution >= 0.6 is 0 Å². The largest absolute Gasteiger partial charge is 0.488 e. The van der Waals surface area contributed by atoms with Gasteiger partial charge in [0.05, 0.1) is 6.54 Å². The summed E-state index contributed by atoms with van der Waals surface area (Å²) in [5.74, 6) is 1.88. The molecule has 1 aromatic carbocycles. The number of rotatable bonds is 6. The van der Waals surface area contributed by atoms with Crippen molar-refractivity contribution in [3.63, 3.8) is 0 Å². The monoisotopic (exact) mass is 359 g/mol. The second-order valence-electron chi connectivity index (χ2n) is 7.28. The van der Waals surface area contributed by atoms with Gasteiger partial charge < -0.3 is 25.2 Å². The van der Waals surface area contributed by atoms with E-state index in [0.29, 0.717) is 0 Å². The second-order valence-corrected chi connectivity index (χ2v) is 7.28. The molecule has 1 fully saturated rings. The molecule has 6 heteroatoms. The van der Waals surface area contributed by atoms with E-state index in [4.69, 9.17) is 4.74 Å². The van der Waals surface area contributed by atoms with Crippen molar-refractivity contribution < 1.29 is 4.74 Å². The van der Waals surface area contributed by atoms with Gasteiger partial charge in [-0.3, -0.25) is 4.99 Å². The molecule has 0 amide bonds. The number of hydrogen-bond acceptors (Lipinski definition) is 4. The molecular weight excluding hydrogens is 326 g/mol. The molecule has 1 atom stereocenters. The number of para-hydroxylation sites is 1. The molecule has 0 aliphatic carbocycles. The summed E-state index contributed by atoms with van der Waals surface area (Å²) in [6.45, 7) is 7.67. The number of aliphatic imine (C=N–C) groups is 1. The first-order valence-electron chi connectivity index (χ1n) is 9.84. The summed E-state index contributed by atoms with van der Waals surface area (Å²) in [4.78, 5) is 9.32. The lowest BCUT2D eigenvalue weighted by Crippen LogP contribution is -2.43. The highest BCUT2D eigenvalue weighted by Crippen LogP contribution is 2.27. The van der Waals surface area contributed by atoms with Crippen molar-refractivity contribution in [3.8, 4) is 5.75 Å². The zero-order chi connectivity index (χ0) is 18.2. The smallest absolute Gasteiger partial charge is 0.191 e. The Morgan fingerprint density at radius 2 is 2.08 bits per heavy atom. The number of guanidine groups is 1. The third-order valence-electron chi connectivity index (χ3n) is 5.19. The molecule has 144 valence electrons. The predicted molar refractivity (Wildman–Crippen MR) is 107 cm³/mol. The number of hydrogen-bond donors (Lipinski definition) is 2. The van der Waals surface area contributed by atoms with Gasteiger partial charge in [0.15, 0.2) is 5.96 Å². The van der Waals surface area contributed by atoms with Crippen molar-refractivity contribution in [3.05, 3.63) is 29.8 Å². The Labute approximate surface area is 157 Å². The first kappa shape index (κ1) is 19.0. The summed E-state index contributed by atoms with van der Waals surface area (Å²) in [5, 5.41) is 6.82. The molecule has 2 N–H and O–H groups in total. The molecule has 1 unspecified atom stereocenters. The molecule has 26 heavy (non-hydrogen) atoms. The molecular formula is C20H33N5O. The van der Waals surface area contributed by atoms with E-state index < -0.39 is 0 Å². The van der Waals surface area contributed by atoms with Gasteiger partial charge in [-0.2, -0.15) is 0 Å². The lowest BCUT2D eigenvalue weighted by molar-refractivity contribution is 0.235. The molecule has 2 heterocycles. The van der Waals surface area contributed by atoms with Crippen molar-refractivity contribution in [1.82, 2.24) is 20.4 Å². The Kier molecular flexibility index (Phi) is 7.14. The van der Waals surface area contributed by atoms with Gasteiger partial charge in [-0.1, -0.05) is 18.2 Å². The van der Waals surface area contributed by atoms with Gasteiger partial charge >= 0.3 is 0 Å². The number of nitrogens with one attached hydrogen (secondary N) is 2. The number of likely N-dealkylation sites (N-methyl/N-ethyl adjacent to an activating group) is 1. The van der Waals surface area contributed by atoms with Crippen LogP contribution in [0.5, 0.6) is 5.75 Å². The molecule has 2 aliphatic heterocycles. The van der Waals surface area contributed by atoms with E-state index in [1.165, 1.54) is 38.2 Å². The molecule has 6 nitrogen and oxygen atoms in total. The van der Waals surface area contributed by atoms with Gasteiger partial charge in [0.25, 0.3) is 0 Å². The van der Waals surface area contributed by atoms with Crippen molar-refractivity contribution >= 4 is 5.96 Å². The molecule has 0 spiro atoms. The number of benzene rings is 1. The topological polar surface area (TPSA) is 52.1 Å². The van der Waals surface area contributed by atoms with Crippen LogP contribution in [0.4, 0.5) is 0 Å². The van der Waals surface area contributed by atoms with E-state index in [9.17, 15) is 0 Å². The fourth-order valence-corrected chi connectivity index (χ4v) is 3.63. The van der Waals surface area contributed by atoms with Crippen LogP contribution in [-0.4, -0.2) is 81.8 Å². The van der Waals surface area contributed by atoms with Gasteiger partial charge in [0.1, 0.15) is 11.9 Å². The van der Waals surface area contributed by atoms with E-state index in [0.717, 1.165) is 44.2 Å². The Bertz CT molecular complexity index is 566. The van der Waals surface area contributed by atoms with Gasteiger partial charge in [-0.25, -0.2) is 0 Å². The number of nitrogens with zero attached hydrogens (tertiary/aromatic N) is 3. The van der Waals surface area contributed by atoms with Crippen LogP contribution in [0.1, 0.15) is 18.4 Å². The first-order chi connectivity index (χ1) is 12.7. The first-order valence-corrected chi connectivity index (χ1v) is 9.84. The van der Waals surface area contributed by atoms with Crippen LogP contribution in [0.3, 0.4) is 0 Å². The maximum Gasteiger partial charge on any atom is 0.191 e. The predicted octanol–water partition coefficient (Wildman–Crippen LogP) is 1.18. The zero-order valence-corrected chi connectivity index (χ0v) is 16.2. The van der Waals surface area contributed by atoms with E-state index in [2.05, 4.69) is 44.6 Å². The lowest BCUT2D eigenvalue weighted by Gasteiger charge is -2.20. The summed E-state index contributed by atoms with van der Waals surface area (Å²) >= 11 is 0. The van der Waals surface area contributed by atoms with E-state index >= 15 is 0 Å². The fraction of sp³-hybridized carbons (Fsp3) is 0.650. The average molecular weight is 360 g/mol. The van der Waals surface area contributed by atoms with E-state index in [1.807, 2.05) is 19.2 Å². The van der Waals surface area contributed by atoms with Crippen LogP contribution in [0.25, 0.3) is 0 Å². The maximum absolute atomic E-state index is 5.97. The van der Waals surface area contributed by atoms with E-state index in [1.54, 1.807) is 0 Å². The minimum Gasteiger partial charge on any atom is -0.488 e. The molecule has 3 rings (SSSR count). The Morgan fingerprint density at radius 3 is 2.92 bits per heavy atom. The van der Waals surface area contributed by atoms with Gasteiger partial charge in [0.2, 0.25) is 0 Å². The summed E-state index contributed by atoms with van der Waals surface area (Å²) in [7, 11) is 4.04. The fourth-order valence-electron chi connectivity index (χ4n) is 3.63. The standard InChI is InChI=1S/C20H33N5O/c1-21-20(22-9-5-11-25-12-6-10-24(2)13-14-25)23-16-18-15-17-7-3-4-8-19(17)26-18/h3-4,7-8,18H,5-6,9-16H2,1-2H3,(H2,21,22,23). The molecule has 0 bridgehead atoms. The van der Waals surface area contributed by atoms with Crippen molar-refractivity contribution in [2.45, 2.75) is 25.4 Å². The summed E-state index contributed by atoms with van der Waals surface area (Å²) < 4.78 is 5.97.